The molecule has 178 valence electrons. The minimum atomic E-state index is -0.499. The highest BCUT2D eigenvalue weighted by molar-refractivity contribution is 6.30. The highest BCUT2D eigenvalue weighted by Crippen LogP contribution is 2.41. The minimum Gasteiger partial charge on any atom is -0.496 e. The second-order valence-corrected chi connectivity index (χ2v) is 10.1. The van der Waals surface area contributed by atoms with Crippen LogP contribution < -0.4 is 14.4 Å². The van der Waals surface area contributed by atoms with Gasteiger partial charge in [0.05, 0.1) is 19.3 Å². The largest absolute Gasteiger partial charge is 0.496 e. The third kappa shape index (κ3) is 5.16. The Morgan fingerprint density at radius 1 is 1.15 bits per heavy atom. The van der Waals surface area contributed by atoms with E-state index in [-0.39, 0.29) is 6.09 Å². The summed E-state index contributed by atoms with van der Waals surface area (Å²) in [6.07, 6.45) is 1.33. The molecule has 2 aromatic rings. The van der Waals surface area contributed by atoms with Gasteiger partial charge in [0.2, 0.25) is 0 Å². The number of carbonyl (C=O) groups is 1. The first-order valence-electron chi connectivity index (χ1n) is 11.5. The zero-order chi connectivity index (χ0) is 23.8. The number of hydrogen-bond acceptors (Lipinski definition) is 5. The van der Waals surface area contributed by atoms with Crippen LogP contribution >= 0.6 is 11.6 Å². The van der Waals surface area contributed by atoms with Crippen molar-refractivity contribution in [2.45, 2.75) is 52.7 Å². The van der Waals surface area contributed by atoms with Crippen LogP contribution in [0.5, 0.6) is 11.5 Å². The maximum atomic E-state index is 12.7. The molecular formula is C26H33ClN2O4. The van der Waals surface area contributed by atoms with Crippen LogP contribution in [0.4, 0.5) is 10.5 Å². The van der Waals surface area contributed by atoms with Crippen molar-refractivity contribution in [2.75, 3.05) is 38.3 Å². The van der Waals surface area contributed by atoms with Gasteiger partial charge in [-0.25, -0.2) is 4.79 Å². The fourth-order valence-electron chi connectivity index (χ4n) is 4.69. The summed E-state index contributed by atoms with van der Waals surface area (Å²) in [6, 6.07) is 7.89. The number of nitrogens with zero attached hydrogens (tertiary/aromatic N) is 2. The molecule has 0 atom stereocenters. The van der Waals surface area contributed by atoms with Gasteiger partial charge >= 0.3 is 6.09 Å². The molecule has 0 fully saturated rings. The van der Waals surface area contributed by atoms with Crippen molar-refractivity contribution in [1.29, 1.82) is 0 Å². The molecule has 0 saturated heterocycles. The Hall–Kier alpha value is -2.60. The summed E-state index contributed by atoms with van der Waals surface area (Å²) in [5, 5.41) is 0.695. The summed E-state index contributed by atoms with van der Waals surface area (Å²) in [6.45, 7) is 11.2. The Bertz CT molecular complexity index is 1050. The first-order chi connectivity index (χ1) is 15.7. The van der Waals surface area contributed by atoms with Crippen molar-refractivity contribution in [2.24, 2.45) is 0 Å². The molecule has 7 heteroatoms. The normalized spacial score (nSPS) is 15.8. The quantitative estimate of drug-likeness (QED) is 0.599. The molecular weight excluding hydrogens is 440 g/mol. The number of methoxy groups -OCH3 is 1. The number of fused-ring (bicyclic) bond motifs is 2. The number of amides is 1. The van der Waals surface area contributed by atoms with Gasteiger partial charge in [-0.05, 0) is 81.5 Å². The van der Waals surface area contributed by atoms with Crippen LogP contribution in [0.25, 0.3) is 0 Å². The molecule has 2 aliphatic rings. The number of halogens is 1. The molecule has 0 N–H and O–H groups in total. The van der Waals surface area contributed by atoms with Crippen LogP contribution in [0.15, 0.2) is 24.3 Å². The zero-order valence-electron chi connectivity index (χ0n) is 20.2. The van der Waals surface area contributed by atoms with E-state index in [4.69, 9.17) is 25.8 Å². The third-order valence-corrected chi connectivity index (χ3v) is 6.44. The lowest BCUT2D eigenvalue weighted by atomic mass is 9.94. The average Bonchev–Trinajstić information content (AvgIpc) is 2.96. The highest BCUT2D eigenvalue weighted by atomic mass is 35.5. The van der Waals surface area contributed by atoms with Gasteiger partial charge in [0.15, 0.2) is 0 Å². The van der Waals surface area contributed by atoms with E-state index >= 15 is 0 Å². The predicted octanol–water partition coefficient (Wildman–Crippen LogP) is 5.39. The fraction of sp³-hybridized carbons (Fsp3) is 0.500. The van der Waals surface area contributed by atoms with Gasteiger partial charge in [0, 0.05) is 30.2 Å². The highest BCUT2D eigenvalue weighted by Gasteiger charge is 2.29. The smallest absolute Gasteiger partial charge is 0.410 e. The van der Waals surface area contributed by atoms with Crippen molar-refractivity contribution < 1.29 is 19.0 Å². The van der Waals surface area contributed by atoms with Gasteiger partial charge in [-0.3, -0.25) is 0 Å². The lowest BCUT2D eigenvalue weighted by Gasteiger charge is -2.34. The maximum Gasteiger partial charge on any atom is 0.410 e. The van der Waals surface area contributed by atoms with Crippen molar-refractivity contribution in [3.8, 4) is 11.5 Å². The summed E-state index contributed by atoms with van der Waals surface area (Å²) in [5.74, 6) is 1.73. The van der Waals surface area contributed by atoms with Crippen LogP contribution in [0.2, 0.25) is 5.02 Å². The van der Waals surface area contributed by atoms with Crippen LogP contribution in [0.3, 0.4) is 0 Å². The molecule has 0 spiro atoms. The SMILES string of the molecule is COc1ccc(Cl)cc1CN1CCOc2cc3c(c(C)c21)CCN(C(=O)OC(C)(C)C)CC3. The van der Waals surface area contributed by atoms with Gasteiger partial charge in [0.25, 0.3) is 0 Å². The summed E-state index contributed by atoms with van der Waals surface area (Å²) >= 11 is 6.27. The third-order valence-electron chi connectivity index (χ3n) is 6.21. The first kappa shape index (κ1) is 23.6. The molecule has 0 unspecified atom stereocenters. The van der Waals surface area contributed by atoms with Crippen molar-refractivity contribution in [3.05, 3.63) is 51.5 Å². The Morgan fingerprint density at radius 2 is 1.91 bits per heavy atom. The lowest BCUT2D eigenvalue weighted by molar-refractivity contribution is 0.0258. The summed E-state index contributed by atoms with van der Waals surface area (Å²) in [4.78, 5) is 16.8. The molecule has 4 rings (SSSR count). The molecule has 2 aromatic carbocycles. The van der Waals surface area contributed by atoms with Crippen LogP contribution in [-0.2, 0) is 24.1 Å². The Labute approximate surface area is 201 Å². The maximum absolute atomic E-state index is 12.7. The predicted molar refractivity (Wildman–Crippen MR) is 131 cm³/mol. The molecule has 2 aliphatic heterocycles. The van der Waals surface area contributed by atoms with E-state index in [2.05, 4.69) is 17.9 Å². The summed E-state index contributed by atoms with van der Waals surface area (Å²) in [7, 11) is 1.68. The first-order valence-corrected chi connectivity index (χ1v) is 11.9. The number of ether oxygens (including phenoxy) is 3. The van der Waals surface area contributed by atoms with Crippen molar-refractivity contribution >= 4 is 23.4 Å². The van der Waals surface area contributed by atoms with E-state index in [1.807, 2.05) is 43.9 Å². The van der Waals surface area contributed by atoms with E-state index in [1.54, 1.807) is 7.11 Å². The number of benzene rings is 2. The van der Waals surface area contributed by atoms with E-state index in [0.717, 1.165) is 42.1 Å². The molecule has 0 bridgehead atoms. The number of hydrogen-bond donors (Lipinski definition) is 0. The van der Waals surface area contributed by atoms with Gasteiger partial charge < -0.3 is 24.0 Å². The number of carbonyl (C=O) groups excluding carboxylic acids is 1. The Kier molecular flexibility index (Phi) is 6.66. The van der Waals surface area contributed by atoms with E-state index in [1.165, 1.54) is 16.7 Å². The molecule has 33 heavy (non-hydrogen) atoms. The van der Waals surface area contributed by atoms with Crippen molar-refractivity contribution in [3.63, 3.8) is 0 Å². The molecule has 6 nitrogen and oxygen atoms in total. The lowest BCUT2D eigenvalue weighted by Crippen LogP contribution is -2.38. The van der Waals surface area contributed by atoms with Gasteiger partial charge in [-0.15, -0.1) is 0 Å². The van der Waals surface area contributed by atoms with Crippen LogP contribution in [-0.4, -0.2) is 49.9 Å². The van der Waals surface area contributed by atoms with E-state index in [0.29, 0.717) is 31.3 Å². The standard InChI is InChI=1S/C26H33ClN2O4/c1-17-21-9-11-28(25(30)33-26(2,3)4)10-8-18(21)15-23-24(17)29(12-13-32-23)16-19-14-20(27)6-7-22(19)31-5/h6-7,14-15H,8-13,16H2,1-5H3. The number of anilines is 1. The van der Waals surface area contributed by atoms with Gasteiger partial charge in [-0.2, -0.15) is 0 Å². The molecule has 1 amide bonds. The molecule has 2 heterocycles. The Balaban J connectivity index is 1.61. The molecule has 0 radical (unpaired) electrons. The second-order valence-electron chi connectivity index (χ2n) is 9.68. The molecule has 0 aliphatic carbocycles. The number of rotatable bonds is 3. The Morgan fingerprint density at radius 3 is 2.64 bits per heavy atom. The van der Waals surface area contributed by atoms with Crippen molar-refractivity contribution in [1.82, 2.24) is 4.90 Å². The molecule has 0 aromatic heterocycles. The zero-order valence-corrected chi connectivity index (χ0v) is 20.9. The van der Waals surface area contributed by atoms with Crippen LogP contribution in [0.1, 0.15) is 43.0 Å². The minimum absolute atomic E-state index is 0.247. The monoisotopic (exact) mass is 472 g/mol. The van der Waals surface area contributed by atoms with E-state index < -0.39 is 5.60 Å². The average molecular weight is 473 g/mol. The summed E-state index contributed by atoms with van der Waals surface area (Å²) < 4.78 is 17.3. The van der Waals surface area contributed by atoms with Gasteiger partial charge in [-0.1, -0.05) is 11.6 Å². The van der Waals surface area contributed by atoms with E-state index in [9.17, 15) is 4.79 Å². The fourth-order valence-corrected chi connectivity index (χ4v) is 4.89. The second kappa shape index (κ2) is 9.34. The van der Waals surface area contributed by atoms with Crippen LogP contribution in [0, 0.1) is 6.92 Å². The molecule has 0 saturated carbocycles. The summed E-state index contributed by atoms with van der Waals surface area (Å²) in [5.41, 5.74) is 5.43. The van der Waals surface area contributed by atoms with Gasteiger partial charge in [0.1, 0.15) is 23.7 Å². The topological polar surface area (TPSA) is 51.2 Å².